The second-order valence-corrected chi connectivity index (χ2v) is 6.88. The average Bonchev–Trinajstić information content (AvgIpc) is 3.16. The topological polar surface area (TPSA) is 125 Å². The molecule has 0 saturated heterocycles. The van der Waals surface area contributed by atoms with Gasteiger partial charge in [0.2, 0.25) is 0 Å². The van der Waals surface area contributed by atoms with Crippen molar-refractivity contribution in [3.63, 3.8) is 0 Å². The molecule has 3 heterocycles. The van der Waals surface area contributed by atoms with Crippen LogP contribution in [0.1, 0.15) is 33.6 Å². The van der Waals surface area contributed by atoms with Crippen LogP contribution in [0.2, 0.25) is 0 Å². The molecule has 10 heteroatoms. The highest BCUT2D eigenvalue weighted by molar-refractivity contribution is 6.17. The Bertz CT molecular complexity index is 1320. The van der Waals surface area contributed by atoms with Gasteiger partial charge in [0.25, 0.3) is 12.3 Å². The molecule has 0 unspecified atom stereocenters. The Morgan fingerprint density at radius 3 is 2.59 bits per heavy atom. The van der Waals surface area contributed by atoms with Gasteiger partial charge in [0.05, 0.1) is 23.1 Å². The van der Waals surface area contributed by atoms with Gasteiger partial charge in [-0.3, -0.25) is 9.36 Å². The van der Waals surface area contributed by atoms with E-state index >= 15 is 0 Å². The lowest BCUT2D eigenvalue weighted by Gasteiger charge is -2.16. The van der Waals surface area contributed by atoms with E-state index in [1.807, 2.05) is 0 Å². The number of fused-ring (bicyclic) bond motifs is 3. The van der Waals surface area contributed by atoms with Crippen LogP contribution in [0.5, 0.6) is 5.75 Å². The van der Waals surface area contributed by atoms with E-state index in [0.29, 0.717) is 16.8 Å². The van der Waals surface area contributed by atoms with Gasteiger partial charge in [-0.05, 0) is 25.5 Å². The third-order valence-electron chi connectivity index (χ3n) is 5.10. The first kappa shape index (κ1) is 18.7. The SMILES string of the molecule is Cc1ccc(O)c(C)c1-n1c(N)c(C(N)=O)c2c(C(F)F)nc3c(ncn3C)c21. The summed E-state index contributed by atoms with van der Waals surface area (Å²) in [4.78, 5) is 20.5. The van der Waals surface area contributed by atoms with E-state index in [-0.39, 0.29) is 39.2 Å². The molecule has 1 amide bonds. The third kappa shape index (κ3) is 2.45. The number of aryl methyl sites for hydroxylation is 2. The quantitative estimate of drug-likeness (QED) is 0.488. The number of benzene rings is 1. The number of aromatic hydroxyl groups is 1. The summed E-state index contributed by atoms with van der Waals surface area (Å²) in [5, 5.41) is 10.1. The fourth-order valence-electron chi connectivity index (χ4n) is 3.77. The molecule has 150 valence electrons. The number of pyridine rings is 1. The molecule has 5 N–H and O–H groups in total. The molecular formula is C19H18F2N6O2. The summed E-state index contributed by atoms with van der Waals surface area (Å²) in [6.45, 7) is 3.44. The number of nitrogen functional groups attached to an aromatic ring is 1. The second-order valence-electron chi connectivity index (χ2n) is 6.88. The van der Waals surface area contributed by atoms with Crippen molar-refractivity contribution in [3.05, 3.63) is 40.8 Å². The van der Waals surface area contributed by atoms with Crippen molar-refractivity contribution >= 4 is 33.8 Å². The normalized spacial score (nSPS) is 11.8. The Labute approximate surface area is 163 Å². The van der Waals surface area contributed by atoms with Crippen LogP contribution in [0, 0.1) is 13.8 Å². The minimum atomic E-state index is -2.98. The molecular weight excluding hydrogens is 382 g/mol. The summed E-state index contributed by atoms with van der Waals surface area (Å²) >= 11 is 0. The number of primary amides is 1. The van der Waals surface area contributed by atoms with Gasteiger partial charge in [0, 0.05) is 18.0 Å². The minimum absolute atomic E-state index is 0.00659. The van der Waals surface area contributed by atoms with Gasteiger partial charge >= 0.3 is 0 Å². The molecule has 1 aromatic carbocycles. The Kier molecular flexibility index (Phi) is 3.96. The first-order valence-corrected chi connectivity index (χ1v) is 8.67. The number of alkyl halides is 2. The van der Waals surface area contributed by atoms with Gasteiger partial charge in [-0.15, -0.1) is 0 Å². The van der Waals surface area contributed by atoms with E-state index in [0.717, 1.165) is 0 Å². The molecule has 3 aromatic heterocycles. The summed E-state index contributed by atoms with van der Waals surface area (Å²) in [7, 11) is 1.62. The fraction of sp³-hybridized carbons (Fsp3) is 0.211. The lowest BCUT2D eigenvalue weighted by molar-refractivity contribution is 0.100. The van der Waals surface area contributed by atoms with Gasteiger partial charge in [0.1, 0.15) is 22.8 Å². The number of amides is 1. The smallest absolute Gasteiger partial charge is 0.281 e. The number of carbonyl (C=O) groups is 1. The molecule has 0 aliphatic carbocycles. The average molecular weight is 400 g/mol. The zero-order valence-corrected chi connectivity index (χ0v) is 15.9. The number of nitrogens with two attached hydrogens (primary N) is 2. The highest BCUT2D eigenvalue weighted by Crippen LogP contribution is 2.41. The van der Waals surface area contributed by atoms with Crippen molar-refractivity contribution in [2.45, 2.75) is 20.3 Å². The molecule has 0 aliphatic rings. The molecule has 8 nitrogen and oxygen atoms in total. The maximum absolute atomic E-state index is 13.9. The molecule has 0 radical (unpaired) electrons. The third-order valence-corrected chi connectivity index (χ3v) is 5.10. The van der Waals surface area contributed by atoms with E-state index < -0.39 is 18.0 Å². The molecule has 0 atom stereocenters. The van der Waals surface area contributed by atoms with E-state index in [2.05, 4.69) is 9.97 Å². The van der Waals surface area contributed by atoms with Crippen molar-refractivity contribution < 1.29 is 18.7 Å². The summed E-state index contributed by atoms with van der Waals surface area (Å²) < 4.78 is 30.8. The van der Waals surface area contributed by atoms with Crippen molar-refractivity contribution in [2.24, 2.45) is 12.8 Å². The van der Waals surface area contributed by atoms with Crippen LogP contribution in [0.25, 0.3) is 27.8 Å². The van der Waals surface area contributed by atoms with Crippen molar-refractivity contribution in [2.75, 3.05) is 5.73 Å². The molecule has 0 saturated carbocycles. The highest BCUT2D eigenvalue weighted by Gasteiger charge is 2.31. The highest BCUT2D eigenvalue weighted by atomic mass is 19.3. The number of carbonyl (C=O) groups excluding carboxylic acids is 1. The van der Waals surface area contributed by atoms with E-state index in [1.54, 1.807) is 27.0 Å². The second kappa shape index (κ2) is 6.16. The van der Waals surface area contributed by atoms with Crippen LogP contribution in [0.15, 0.2) is 18.5 Å². The van der Waals surface area contributed by atoms with Gasteiger partial charge in [-0.1, -0.05) is 6.07 Å². The number of imidazole rings is 1. The first-order chi connectivity index (χ1) is 13.6. The lowest BCUT2D eigenvalue weighted by Crippen LogP contribution is -2.14. The van der Waals surface area contributed by atoms with Crippen molar-refractivity contribution in [3.8, 4) is 11.4 Å². The number of aromatic nitrogens is 4. The number of halogens is 2. The summed E-state index contributed by atoms with van der Waals surface area (Å²) in [5.41, 5.74) is 13.2. The number of nitrogens with zero attached hydrogens (tertiary/aromatic N) is 4. The maximum atomic E-state index is 13.9. The van der Waals surface area contributed by atoms with Crippen LogP contribution in [0.3, 0.4) is 0 Å². The number of anilines is 1. The zero-order valence-electron chi connectivity index (χ0n) is 15.9. The predicted molar refractivity (Wildman–Crippen MR) is 104 cm³/mol. The number of rotatable bonds is 3. The van der Waals surface area contributed by atoms with Crippen molar-refractivity contribution in [1.82, 2.24) is 19.1 Å². The molecule has 0 spiro atoms. The van der Waals surface area contributed by atoms with E-state index in [1.165, 1.54) is 21.5 Å². The van der Waals surface area contributed by atoms with Crippen LogP contribution >= 0.6 is 0 Å². The molecule has 29 heavy (non-hydrogen) atoms. The molecule has 0 bridgehead atoms. The number of phenols is 1. The predicted octanol–water partition coefficient (Wildman–Crippen LogP) is 2.85. The largest absolute Gasteiger partial charge is 0.508 e. The van der Waals surface area contributed by atoms with Crippen LogP contribution in [-0.2, 0) is 7.05 Å². The molecule has 4 rings (SSSR count). The summed E-state index contributed by atoms with van der Waals surface area (Å²) in [6, 6.07) is 3.19. The summed E-state index contributed by atoms with van der Waals surface area (Å²) in [6.07, 6.45) is -1.54. The minimum Gasteiger partial charge on any atom is -0.508 e. The van der Waals surface area contributed by atoms with Crippen LogP contribution < -0.4 is 11.5 Å². The van der Waals surface area contributed by atoms with Crippen LogP contribution in [-0.4, -0.2) is 30.1 Å². The van der Waals surface area contributed by atoms with Gasteiger partial charge in [-0.25, -0.2) is 18.7 Å². The Balaban J connectivity index is 2.36. The van der Waals surface area contributed by atoms with Crippen LogP contribution in [0.4, 0.5) is 14.6 Å². The standard InChI is InChI=1S/C19H18F2N6O2/c1-7-4-5-9(28)8(2)14(7)27-15-10(11(17(27)22)18(23)29)12(16(20)21)25-19-13(15)24-6-26(19)3/h4-6,16,28H,22H2,1-3H3,(H2,23,29). The number of phenolic OH excluding ortho intramolecular Hbond substituents is 1. The number of hydrogen-bond donors (Lipinski definition) is 3. The van der Waals surface area contributed by atoms with Crippen molar-refractivity contribution in [1.29, 1.82) is 0 Å². The Hall–Kier alpha value is -3.69. The Morgan fingerprint density at radius 1 is 1.28 bits per heavy atom. The lowest BCUT2D eigenvalue weighted by atomic mass is 10.1. The van der Waals surface area contributed by atoms with Gasteiger partial charge in [0.15, 0.2) is 5.65 Å². The fourth-order valence-corrected chi connectivity index (χ4v) is 3.77. The van der Waals surface area contributed by atoms with E-state index in [4.69, 9.17) is 11.5 Å². The van der Waals surface area contributed by atoms with E-state index in [9.17, 15) is 18.7 Å². The monoisotopic (exact) mass is 400 g/mol. The maximum Gasteiger partial charge on any atom is 0.281 e. The van der Waals surface area contributed by atoms with Gasteiger partial charge in [-0.2, -0.15) is 0 Å². The molecule has 0 aliphatic heterocycles. The Morgan fingerprint density at radius 2 is 1.97 bits per heavy atom. The number of hydrogen-bond acceptors (Lipinski definition) is 5. The summed E-state index contributed by atoms with van der Waals surface area (Å²) in [5.74, 6) is -1.08. The molecule has 4 aromatic rings. The zero-order chi connectivity index (χ0) is 21.2. The van der Waals surface area contributed by atoms with Gasteiger partial charge < -0.3 is 21.1 Å². The molecule has 0 fully saturated rings. The first-order valence-electron chi connectivity index (χ1n) is 8.67.